The van der Waals surface area contributed by atoms with Gasteiger partial charge >= 0.3 is 5.69 Å². The van der Waals surface area contributed by atoms with Crippen LogP contribution in [0.4, 0.5) is 11.4 Å². The molecule has 0 spiro atoms. The van der Waals surface area contributed by atoms with E-state index >= 15 is 0 Å². The predicted octanol–water partition coefficient (Wildman–Crippen LogP) is 2.08. The molecule has 0 atom stereocenters. The lowest BCUT2D eigenvalue weighted by Gasteiger charge is -2.19. The summed E-state index contributed by atoms with van der Waals surface area (Å²) in [4.78, 5) is 18.8. The van der Waals surface area contributed by atoms with Crippen molar-refractivity contribution in [1.29, 1.82) is 0 Å². The lowest BCUT2D eigenvalue weighted by Crippen LogP contribution is -2.09. The summed E-state index contributed by atoms with van der Waals surface area (Å²) in [7, 11) is 1.99. The molecule has 3 rings (SSSR count). The third-order valence-corrected chi connectivity index (χ3v) is 3.45. The smallest absolute Gasteiger partial charge is 0.323 e. The minimum absolute atomic E-state index is 0.188. The van der Waals surface area contributed by atoms with Gasteiger partial charge in [-0.25, -0.2) is 4.79 Å². The summed E-state index contributed by atoms with van der Waals surface area (Å²) in [5.41, 5.74) is 10.2. The largest absolute Gasteiger partial charge is 0.345 e. The van der Waals surface area contributed by atoms with Gasteiger partial charge in [-0.1, -0.05) is 12.1 Å². The van der Waals surface area contributed by atoms with Crippen LogP contribution in [0.5, 0.6) is 0 Å². The summed E-state index contributed by atoms with van der Waals surface area (Å²) in [6.07, 6.45) is 0. The Bertz CT molecular complexity index is 785. The zero-order valence-electron chi connectivity index (χ0n) is 11.2. The number of fused-ring (bicyclic) bond motifs is 1. The van der Waals surface area contributed by atoms with Crippen LogP contribution in [-0.2, 0) is 6.54 Å². The molecule has 1 heterocycles. The lowest BCUT2D eigenvalue weighted by molar-refractivity contribution is 1.07. The summed E-state index contributed by atoms with van der Waals surface area (Å²) in [5, 5.41) is 0. The second-order valence-electron chi connectivity index (χ2n) is 4.74. The monoisotopic (exact) mass is 268 g/mol. The molecule has 0 aliphatic carbocycles. The number of H-pyrrole nitrogens is 2. The van der Waals surface area contributed by atoms with E-state index in [2.05, 4.69) is 14.9 Å². The highest BCUT2D eigenvalue weighted by Gasteiger charge is 2.06. The second kappa shape index (κ2) is 4.86. The molecule has 0 aliphatic rings. The van der Waals surface area contributed by atoms with Crippen molar-refractivity contribution in [3.8, 4) is 0 Å². The molecule has 0 saturated heterocycles. The summed E-state index contributed by atoms with van der Waals surface area (Å²) in [5.74, 6) is 0. The number of nitrogens with zero attached hydrogens (tertiary/aromatic N) is 1. The zero-order chi connectivity index (χ0) is 14.1. The van der Waals surface area contributed by atoms with Gasteiger partial charge in [-0.15, -0.1) is 0 Å². The lowest BCUT2D eigenvalue weighted by atomic mass is 10.2. The first-order chi connectivity index (χ1) is 9.67. The van der Waals surface area contributed by atoms with E-state index in [0.29, 0.717) is 6.54 Å². The average Bonchev–Trinajstić information content (AvgIpc) is 2.85. The van der Waals surface area contributed by atoms with Gasteiger partial charge in [0.05, 0.1) is 11.0 Å². The SMILES string of the molecule is CN(c1ccc(CN)cc1)c1ccc2[nH]c(=O)[nH]c2c1. The van der Waals surface area contributed by atoms with Gasteiger partial charge in [0.2, 0.25) is 0 Å². The Morgan fingerprint density at radius 2 is 1.65 bits per heavy atom. The van der Waals surface area contributed by atoms with E-state index in [1.54, 1.807) is 0 Å². The molecule has 0 radical (unpaired) electrons. The van der Waals surface area contributed by atoms with Crippen LogP contribution >= 0.6 is 0 Å². The number of anilines is 2. The number of benzene rings is 2. The van der Waals surface area contributed by atoms with Crippen LogP contribution in [0.15, 0.2) is 47.3 Å². The molecular formula is C15H16N4O. The maximum Gasteiger partial charge on any atom is 0.323 e. The standard InChI is InChI=1S/C15H16N4O/c1-19(11-4-2-10(9-16)3-5-11)12-6-7-13-14(8-12)18-15(20)17-13/h2-8H,9,16H2,1H3,(H2,17,18,20). The predicted molar refractivity (Wildman–Crippen MR) is 81.3 cm³/mol. The number of hydrogen-bond acceptors (Lipinski definition) is 3. The Morgan fingerprint density at radius 3 is 2.35 bits per heavy atom. The van der Waals surface area contributed by atoms with Crippen LogP contribution in [0.3, 0.4) is 0 Å². The van der Waals surface area contributed by atoms with E-state index in [-0.39, 0.29) is 5.69 Å². The van der Waals surface area contributed by atoms with Crippen LogP contribution in [0.25, 0.3) is 11.0 Å². The summed E-state index contributed by atoms with van der Waals surface area (Å²) in [6, 6.07) is 13.9. The zero-order valence-corrected chi connectivity index (χ0v) is 11.2. The molecule has 0 fully saturated rings. The highest BCUT2D eigenvalue weighted by molar-refractivity contribution is 5.80. The molecule has 2 aromatic carbocycles. The Morgan fingerprint density at radius 1 is 1.00 bits per heavy atom. The molecule has 0 bridgehead atoms. The van der Waals surface area contributed by atoms with E-state index in [9.17, 15) is 4.79 Å². The van der Waals surface area contributed by atoms with Crippen LogP contribution in [-0.4, -0.2) is 17.0 Å². The first-order valence-corrected chi connectivity index (χ1v) is 6.42. The number of nitrogens with one attached hydrogen (secondary N) is 2. The minimum Gasteiger partial charge on any atom is -0.345 e. The molecule has 5 nitrogen and oxygen atoms in total. The highest BCUT2D eigenvalue weighted by atomic mass is 16.1. The van der Waals surface area contributed by atoms with Crippen LogP contribution < -0.4 is 16.3 Å². The van der Waals surface area contributed by atoms with Gasteiger partial charge in [-0.05, 0) is 35.9 Å². The number of aromatic amines is 2. The van der Waals surface area contributed by atoms with Gasteiger partial charge in [0.15, 0.2) is 0 Å². The van der Waals surface area contributed by atoms with Crippen molar-refractivity contribution in [3.05, 3.63) is 58.5 Å². The number of imidazole rings is 1. The summed E-state index contributed by atoms with van der Waals surface area (Å²) < 4.78 is 0. The summed E-state index contributed by atoms with van der Waals surface area (Å²) in [6.45, 7) is 0.542. The normalized spacial score (nSPS) is 10.9. The minimum atomic E-state index is -0.188. The van der Waals surface area contributed by atoms with Crippen molar-refractivity contribution in [2.24, 2.45) is 5.73 Å². The molecule has 0 unspecified atom stereocenters. The molecule has 4 N–H and O–H groups in total. The topological polar surface area (TPSA) is 77.9 Å². The molecule has 0 aliphatic heterocycles. The number of hydrogen-bond donors (Lipinski definition) is 3. The summed E-state index contributed by atoms with van der Waals surface area (Å²) >= 11 is 0. The molecule has 102 valence electrons. The number of rotatable bonds is 3. The third kappa shape index (κ3) is 2.19. The maximum absolute atomic E-state index is 11.3. The van der Waals surface area contributed by atoms with Crippen molar-refractivity contribution >= 4 is 22.4 Å². The van der Waals surface area contributed by atoms with Crippen molar-refractivity contribution < 1.29 is 0 Å². The Hall–Kier alpha value is -2.53. The molecule has 0 saturated carbocycles. The van der Waals surface area contributed by atoms with E-state index in [1.165, 1.54) is 0 Å². The highest BCUT2D eigenvalue weighted by Crippen LogP contribution is 2.25. The van der Waals surface area contributed by atoms with Crippen molar-refractivity contribution in [1.82, 2.24) is 9.97 Å². The van der Waals surface area contributed by atoms with Gasteiger partial charge in [-0.3, -0.25) is 0 Å². The maximum atomic E-state index is 11.3. The van der Waals surface area contributed by atoms with Gasteiger partial charge in [-0.2, -0.15) is 0 Å². The third-order valence-electron chi connectivity index (χ3n) is 3.45. The van der Waals surface area contributed by atoms with E-state index in [4.69, 9.17) is 5.73 Å². The van der Waals surface area contributed by atoms with E-state index < -0.39 is 0 Å². The Kier molecular flexibility index (Phi) is 3.04. The van der Waals surface area contributed by atoms with Crippen LogP contribution in [0.1, 0.15) is 5.56 Å². The molecule has 3 aromatic rings. The fraction of sp³-hybridized carbons (Fsp3) is 0.133. The van der Waals surface area contributed by atoms with Crippen molar-refractivity contribution in [2.75, 3.05) is 11.9 Å². The van der Waals surface area contributed by atoms with Crippen molar-refractivity contribution in [3.63, 3.8) is 0 Å². The quantitative estimate of drug-likeness (QED) is 0.680. The molecule has 0 amide bonds. The molecular weight excluding hydrogens is 252 g/mol. The van der Waals surface area contributed by atoms with E-state index in [0.717, 1.165) is 28.0 Å². The fourth-order valence-electron chi connectivity index (χ4n) is 2.23. The fourth-order valence-corrected chi connectivity index (χ4v) is 2.23. The van der Waals surface area contributed by atoms with Crippen LogP contribution in [0, 0.1) is 0 Å². The second-order valence-corrected chi connectivity index (χ2v) is 4.74. The first kappa shape index (κ1) is 12.5. The Balaban J connectivity index is 1.97. The van der Waals surface area contributed by atoms with Gasteiger partial charge in [0.25, 0.3) is 0 Å². The van der Waals surface area contributed by atoms with E-state index in [1.807, 2.05) is 49.5 Å². The number of nitrogens with two attached hydrogens (primary N) is 1. The first-order valence-electron chi connectivity index (χ1n) is 6.42. The van der Waals surface area contributed by atoms with Gasteiger partial charge in [0, 0.05) is 25.0 Å². The molecule has 1 aromatic heterocycles. The Labute approximate surface area is 116 Å². The molecule has 5 heteroatoms. The average molecular weight is 268 g/mol. The number of aromatic nitrogens is 2. The van der Waals surface area contributed by atoms with Crippen LogP contribution in [0.2, 0.25) is 0 Å². The molecule has 20 heavy (non-hydrogen) atoms. The van der Waals surface area contributed by atoms with Crippen molar-refractivity contribution in [2.45, 2.75) is 6.54 Å². The van der Waals surface area contributed by atoms with Gasteiger partial charge in [0.1, 0.15) is 0 Å². The van der Waals surface area contributed by atoms with Gasteiger partial charge < -0.3 is 20.6 Å².